The second-order valence-corrected chi connectivity index (χ2v) is 3.68. The van der Waals surface area contributed by atoms with Gasteiger partial charge in [-0.25, -0.2) is 4.98 Å². The molecule has 1 heterocycles. The molecule has 5 heteroatoms. The molecule has 0 aliphatic carbocycles. The van der Waals surface area contributed by atoms with Gasteiger partial charge in [0.15, 0.2) is 5.13 Å². The first-order chi connectivity index (χ1) is 5.54. The number of nitrogens with zero attached hydrogens (tertiary/aromatic N) is 1. The molecule has 12 heavy (non-hydrogen) atoms. The van der Waals surface area contributed by atoms with Crippen LogP contribution in [-0.2, 0) is 10.4 Å². The Kier molecular flexibility index (Phi) is 2.44. The molecular formula is C7H9N2O2S. The quantitative estimate of drug-likeness (QED) is 0.686. The fourth-order valence-electron chi connectivity index (χ4n) is 0.656. The summed E-state index contributed by atoms with van der Waals surface area (Å²) in [6, 6.07) is 0. The fourth-order valence-corrected chi connectivity index (χ4v) is 1.47. The van der Waals surface area contributed by atoms with Crippen LogP contribution in [0.5, 0.6) is 0 Å². The normalized spacial score (nSPS) is 11.2. The third-order valence-electron chi connectivity index (χ3n) is 1.29. The summed E-state index contributed by atoms with van der Waals surface area (Å²) in [5, 5.41) is 13.9. The van der Waals surface area contributed by atoms with Crippen molar-refractivity contribution in [1.29, 1.82) is 0 Å². The Bertz CT molecular complexity index is 277. The van der Waals surface area contributed by atoms with Crippen LogP contribution in [0.25, 0.3) is 0 Å². The van der Waals surface area contributed by atoms with E-state index >= 15 is 0 Å². The summed E-state index contributed by atoms with van der Waals surface area (Å²) in [4.78, 5) is 13.9. The molecule has 65 valence electrons. The molecule has 0 unspecified atom stereocenters. The Morgan fingerprint density at radius 3 is 2.83 bits per heavy atom. The van der Waals surface area contributed by atoms with Gasteiger partial charge < -0.3 is 5.11 Å². The molecule has 1 radical (unpaired) electrons. The number of hydrogen-bond donors (Lipinski definition) is 2. The summed E-state index contributed by atoms with van der Waals surface area (Å²) in [7, 11) is 0. The van der Waals surface area contributed by atoms with Crippen molar-refractivity contribution < 1.29 is 9.90 Å². The number of rotatable bonds is 3. The van der Waals surface area contributed by atoms with E-state index in [0.29, 0.717) is 10.8 Å². The van der Waals surface area contributed by atoms with Crippen molar-refractivity contribution in [3.8, 4) is 0 Å². The summed E-state index contributed by atoms with van der Waals surface area (Å²) in [6.45, 7) is 3.27. The van der Waals surface area contributed by atoms with Gasteiger partial charge >= 0.3 is 6.41 Å². The number of aliphatic hydroxyl groups is 1. The lowest BCUT2D eigenvalue weighted by Gasteiger charge is -2.12. The highest BCUT2D eigenvalue weighted by molar-refractivity contribution is 7.13. The summed E-state index contributed by atoms with van der Waals surface area (Å²) < 4.78 is 0. The van der Waals surface area contributed by atoms with E-state index in [1.165, 1.54) is 17.7 Å². The number of thiazole rings is 1. The summed E-state index contributed by atoms with van der Waals surface area (Å²) in [5.74, 6) is 0. The Hall–Kier alpha value is -0.940. The predicted octanol–water partition coefficient (Wildman–Crippen LogP) is 0.850. The lowest BCUT2D eigenvalue weighted by Crippen LogP contribution is -2.15. The SMILES string of the molecule is CC(C)(O)c1csc(N[C]=O)n1. The number of hydrogen-bond acceptors (Lipinski definition) is 4. The summed E-state index contributed by atoms with van der Waals surface area (Å²) in [6.07, 6.45) is 1.52. The molecule has 0 fully saturated rings. The molecule has 0 aliphatic rings. The van der Waals surface area contributed by atoms with Crippen LogP contribution in [0.3, 0.4) is 0 Å². The molecule has 0 aromatic carbocycles. The maximum Gasteiger partial charge on any atom is 0.315 e. The second-order valence-electron chi connectivity index (χ2n) is 2.82. The minimum absolute atomic E-state index is 0.446. The Labute approximate surface area is 74.3 Å². The molecule has 0 spiro atoms. The van der Waals surface area contributed by atoms with Crippen molar-refractivity contribution in [2.24, 2.45) is 0 Å². The van der Waals surface area contributed by atoms with Crippen LogP contribution in [0.2, 0.25) is 0 Å². The van der Waals surface area contributed by atoms with Gasteiger partial charge in [0, 0.05) is 5.38 Å². The van der Waals surface area contributed by atoms with Crippen molar-refractivity contribution in [3.63, 3.8) is 0 Å². The van der Waals surface area contributed by atoms with Crippen LogP contribution in [0.1, 0.15) is 19.5 Å². The molecule has 0 saturated heterocycles. The zero-order chi connectivity index (χ0) is 9.19. The zero-order valence-electron chi connectivity index (χ0n) is 6.79. The first-order valence-corrected chi connectivity index (χ1v) is 4.23. The monoisotopic (exact) mass is 185 g/mol. The van der Waals surface area contributed by atoms with Crippen LogP contribution >= 0.6 is 11.3 Å². The van der Waals surface area contributed by atoms with Gasteiger partial charge in [-0.2, -0.15) is 0 Å². The first-order valence-electron chi connectivity index (χ1n) is 3.35. The van der Waals surface area contributed by atoms with Crippen LogP contribution in [0, 0.1) is 0 Å². The predicted molar refractivity (Wildman–Crippen MR) is 46.7 cm³/mol. The van der Waals surface area contributed by atoms with Crippen LogP contribution in [-0.4, -0.2) is 16.5 Å². The van der Waals surface area contributed by atoms with Gasteiger partial charge in [0.05, 0.1) is 5.69 Å². The molecule has 0 aliphatic heterocycles. The topological polar surface area (TPSA) is 62.2 Å². The number of aromatic nitrogens is 1. The van der Waals surface area contributed by atoms with Crippen molar-refractivity contribution in [3.05, 3.63) is 11.1 Å². The van der Waals surface area contributed by atoms with Gasteiger partial charge in [0.1, 0.15) is 5.60 Å². The van der Waals surface area contributed by atoms with E-state index in [1.807, 2.05) is 0 Å². The van der Waals surface area contributed by atoms with Gasteiger partial charge in [-0.3, -0.25) is 10.1 Å². The number of nitrogens with one attached hydrogen (secondary N) is 1. The molecular weight excluding hydrogens is 176 g/mol. The standard InChI is InChI=1S/C7H9N2O2S/c1-7(2,11)5-3-12-6(9-5)8-4-10/h3,11H,1-2H3,(H,8,9,10). The van der Waals surface area contributed by atoms with Gasteiger partial charge in [0.2, 0.25) is 0 Å². The van der Waals surface area contributed by atoms with Crippen LogP contribution in [0.15, 0.2) is 5.38 Å². The highest BCUT2D eigenvalue weighted by Crippen LogP contribution is 2.23. The van der Waals surface area contributed by atoms with E-state index < -0.39 is 5.60 Å². The van der Waals surface area contributed by atoms with Crippen molar-refractivity contribution in [2.45, 2.75) is 19.4 Å². The average Bonchev–Trinajstić information content (AvgIpc) is 2.35. The highest BCUT2D eigenvalue weighted by Gasteiger charge is 2.19. The zero-order valence-corrected chi connectivity index (χ0v) is 7.60. The highest BCUT2D eigenvalue weighted by atomic mass is 32.1. The molecule has 1 aromatic rings. The summed E-state index contributed by atoms with van der Waals surface area (Å²) >= 11 is 1.26. The van der Waals surface area contributed by atoms with E-state index in [0.717, 1.165) is 0 Å². The average molecular weight is 185 g/mol. The lowest BCUT2D eigenvalue weighted by atomic mass is 10.1. The van der Waals surface area contributed by atoms with Gasteiger partial charge in [-0.1, -0.05) is 0 Å². The largest absolute Gasteiger partial charge is 0.384 e. The Morgan fingerprint density at radius 2 is 2.42 bits per heavy atom. The molecule has 1 amide bonds. The molecule has 0 bridgehead atoms. The van der Waals surface area contributed by atoms with Gasteiger partial charge in [-0.05, 0) is 13.8 Å². The fraction of sp³-hybridized carbons (Fsp3) is 0.429. The van der Waals surface area contributed by atoms with Gasteiger partial charge in [-0.15, -0.1) is 11.3 Å². The summed E-state index contributed by atoms with van der Waals surface area (Å²) in [5.41, 5.74) is -0.412. The van der Waals surface area contributed by atoms with E-state index in [2.05, 4.69) is 10.3 Å². The maximum atomic E-state index is 9.90. The van der Waals surface area contributed by atoms with E-state index in [-0.39, 0.29) is 0 Å². The van der Waals surface area contributed by atoms with Gasteiger partial charge in [0.25, 0.3) is 0 Å². The molecule has 0 atom stereocenters. The maximum absolute atomic E-state index is 9.90. The minimum atomic E-state index is -0.959. The van der Waals surface area contributed by atoms with Crippen molar-refractivity contribution >= 4 is 22.9 Å². The minimum Gasteiger partial charge on any atom is -0.384 e. The number of anilines is 1. The smallest absolute Gasteiger partial charge is 0.315 e. The molecule has 1 aromatic heterocycles. The van der Waals surface area contributed by atoms with Crippen molar-refractivity contribution in [1.82, 2.24) is 4.98 Å². The Morgan fingerprint density at radius 1 is 1.75 bits per heavy atom. The number of carbonyl (C=O) groups excluding carboxylic acids is 1. The van der Waals surface area contributed by atoms with E-state index in [1.54, 1.807) is 19.2 Å². The lowest BCUT2D eigenvalue weighted by molar-refractivity contribution is 0.0746. The van der Waals surface area contributed by atoms with Crippen LogP contribution < -0.4 is 5.32 Å². The number of amides is 1. The molecule has 4 nitrogen and oxygen atoms in total. The molecule has 2 N–H and O–H groups in total. The van der Waals surface area contributed by atoms with E-state index in [9.17, 15) is 9.90 Å². The van der Waals surface area contributed by atoms with Crippen molar-refractivity contribution in [2.75, 3.05) is 5.32 Å². The first kappa shape index (κ1) is 9.15. The Balaban J connectivity index is 2.84. The second kappa shape index (κ2) is 3.20. The molecule has 1 rings (SSSR count). The van der Waals surface area contributed by atoms with Crippen LogP contribution in [0.4, 0.5) is 5.13 Å². The third kappa shape index (κ3) is 2.02. The van der Waals surface area contributed by atoms with E-state index in [4.69, 9.17) is 0 Å². The third-order valence-corrected chi connectivity index (χ3v) is 2.05. The molecule has 0 saturated carbocycles.